The number of aliphatic imine (C=N–C) groups is 1. The van der Waals surface area contributed by atoms with E-state index in [1.54, 1.807) is 30.3 Å². The topological polar surface area (TPSA) is 129 Å². The Labute approximate surface area is 181 Å². The van der Waals surface area contributed by atoms with Gasteiger partial charge in [-0.1, -0.05) is 56.3 Å². The standard InChI is InChI=1S/C23H26N6O2/c1-15(2)17(24)14-22(30)31-20-11-7-6-10-19(20)26-23(25)27-21-13-12-18(28-29-21)16-8-4-3-5-9-16/h3-13,15,17H,14,24H2,1-2H3,(H3,25,26,27,29). The number of hydrogen-bond acceptors (Lipinski definition) is 6. The van der Waals surface area contributed by atoms with Gasteiger partial charge in [0.15, 0.2) is 17.5 Å². The van der Waals surface area contributed by atoms with Crippen molar-refractivity contribution in [1.82, 2.24) is 10.2 Å². The molecule has 8 nitrogen and oxygen atoms in total. The second kappa shape index (κ2) is 10.3. The number of para-hydroxylation sites is 2. The van der Waals surface area contributed by atoms with E-state index >= 15 is 0 Å². The van der Waals surface area contributed by atoms with Gasteiger partial charge >= 0.3 is 5.97 Å². The molecule has 1 heterocycles. The minimum absolute atomic E-state index is 0.0872. The first kappa shape index (κ1) is 21.9. The number of carbonyl (C=O) groups excluding carboxylic acids is 1. The molecule has 2 aromatic carbocycles. The van der Waals surface area contributed by atoms with Gasteiger partial charge in [-0.3, -0.25) is 4.79 Å². The van der Waals surface area contributed by atoms with Crippen LogP contribution in [0.3, 0.4) is 0 Å². The zero-order chi connectivity index (χ0) is 22.2. The van der Waals surface area contributed by atoms with Gasteiger partial charge in [0.1, 0.15) is 0 Å². The van der Waals surface area contributed by atoms with Gasteiger partial charge in [-0.2, -0.15) is 4.99 Å². The van der Waals surface area contributed by atoms with Crippen LogP contribution in [-0.4, -0.2) is 28.2 Å². The van der Waals surface area contributed by atoms with Crippen LogP contribution in [0.2, 0.25) is 0 Å². The summed E-state index contributed by atoms with van der Waals surface area (Å²) in [5.41, 5.74) is 14.2. The summed E-state index contributed by atoms with van der Waals surface area (Å²) < 4.78 is 5.46. The van der Waals surface area contributed by atoms with E-state index in [0.29, 0.717) is 17.3 Å². The summed E-state index contributed by atoms with van der Waals surface area (Å²) in [4.78, 5) is 16.4. The molecule has 0 saturated carbocycles. The number of nitrogens with one attached hydrogen (secondary N) is 1. The maximum atomic E-state index is 12.2. The highest BCUT2D eigenvalue weighted by Gasteiger charge is 2.16. The van der Waals surface area contributed by atoms with E-state index in [-0.39, 0.29) is 24.3 Å². The Hall–Kier alpha value is -3.78. The lowest BCUT2D eigenvalue weighted by atomic mass is 10.0. The predicted molar refractivity (Wildman–Crippen MR) is 122 cm³/mol. The van der Waals surface area contributed by atoms with Crippen molar-refractivity contribution in [1.29, 1.82) is 0 Å². The Morgan fingerprint density at radius 1 is 1.03 bits per heavy atom. The van der Waals surface area contributed by atoms with Crippen molar-refractivity contribution in [3.8, 4) is 17.0 Å². The Morgan fingerprint density at radius 3 is 2.42 bits per heavy atom. The summed E-state index contributed by atoms with van der Waals surface area (Å²) in [6, 6.07) is 20.0. The summed E-state index contributed by atoms with van der Waals surface area (Å²) in [5, 5.41) is 11.2. The SMILES string of the molecule is CC(C)C(N)CC(=O)Oc1ccccc1NC(N)=Nc1ccc(-c2ccccc2)nn1. The molecule has 160 valence electrons. The molecule has 0 aliphatic heterocycles. The molecule has 1 atom stereocenters. The van der Waals surface area contributed by atoms with Gasteiger partial charge in [0.05, 0.1) is 17.8 Å². The number of hydrogen-bond donors (Lipinski definition) is 3. The van der Waals surface area contributed by atoms with Crippen molar-refractivity contribution < 1.29 is 9.53 Å². The van der Waals surface area contributed by atoms with Crippen LogP contribution < -0.4 is 21.5 Å². The van der Waals surface area contributed by atoms with Crippen molar-refractivity contribution in [3.63, 3.8) is 0 Å². The first-order chi connectivity index (χ1) is 14.9. The first-order valence-corrected chi connectivity index (χ1v) is 9.98. The van der Waals surface area contributed by atoms with Crippen LogP contribution in [0.25, 0.3) is 11.3 Å². The summed E-state index contributed by atoms with van der Waals surface area (Å²) in [6.07, 6.45) is 0.124. The van der Waals surface area contributed by atoms with Crippen LogP contribution in [-0.2, 0) is 4.79 Å². The van der Waals surface area contributed by atoms with E-state index in [9.17, 15) is 4.79 Å². The molecule has 0 saturated heterocycles. The van der Waals surface area contributed by atoms with Crippen LogP contribution >= 0.6 is 0 Å². The van der Waals surface area contributed by atoms with Crippen LogP contribution in [0, 0.1) is 5.92 Å². The number of nitrogens with two attached hydrogens (primary N) is 2. The minimum atomic E-state index is -0.409. The van der Waals surface area contributed by atoms with Crippen molar-refractivity contribution in [3.05, 3.63) is 66.7 Å². The fourth-order valence-corrected chi connectivity index (χ4v) is 2.69. The Bertz CT molecular complexity index is 1040. The summed E-state index contributed by atoms with van der Waals surface area (Å²) in [6.45, 7) is 3.92. The molecule has 8 heteroatoms. The number of anilines is 1. The quantitative estimate of drug-likeness (QED) is 0.232. The molecular weight excluding hydrogens is 392 g/mol. The van der Waals surface area contributed by atoms with Gasteiger partial charge in [0, 0.05) is 11.6 Å². The minimum Gasteiger partial charge on any atom is -0.424 e. The molecular formula is C23H26N6O2. The van der Waals surface area contributed by atoms with E-state index in [1.165, 1.54) is 0 Å². The fraction of sp³-hybridized carbons (Fsp3) is 0.217. The second-order valence-electron chi connectivity index (χ2n) is 7.35. The highest BCUT2D eigenvalue weighted by atomic mass is 16.5. The largest absolute Gasteiger partial charge is 0.424 e. The number of nitrogens with zero attached hydrogens (tertiary/aromatic N) is 3. The Morgan fingerprint density at radius 2 is 1.74 bits per heavy atom. The lowest BCUT2D eigenvalue weighted by molar-refractivity contribution is -0.134. The van der Waals surface area contributed by atoms with E-state index in [1.807, 2.05) is 50.2 Å². The number of ether oxygens (including phenoxy) is 1. The molecule has 3 aromatic rings. The van der Waals surface area contributed by atoms with E-state index in [0.717, 1.165) is 11.3 Å². The zero-order valence-corrected chi connectivity index (χ0v) is 17.5. The maximum Gasteiger partial charge on any atom is 0.312 e. The van der Waals surface area contributed by atoms with Crippen LogP contribution in [0.15, 0.2) is 71.7 Å². The Balaban J connectivity index is 1.68. The lowest BCUT2D eigenvalue weighted by Crippen LogP contribution is -2.31. The van der Waals surface area contributed by atoms with Gasteiger partial charge in [0.2, 0.25) is 0 Å². The normalized spacial score (nSPS) is 12.5. The molecule has 0 aliphatic rings. The lowest BCUT2D eigenvalue weighted by Gasteiger charge is -2.16. The summed E-state index contributed by atoms with van der Waals surface area (Å²) >= 11 is 0. The molecule has 0 radical (unpaired) electrons. The molecule has 0 bridgehead atoms. The van der Waals surface area contributed by atoms with Gasteiger partial charge < -0.3 is 21.5 Å². The number of carbonyl (C=O) groups is 1. The Kier molecular flexibility index (Phi) is 7.29. The van der Waals surface area contributed by atoms with Gasteiger partial charge in [-0.05, 0) is 30.2 Å². The van der Waals surface area contributed by atoms with E-state index in [2.05, 4.69) is 20.5 Å². The third kappa shape index (κ3) is 6.35. The monoisotopic (exact) mass is 418 g/mol. The number of benzene rings is 2. The van der Waals surface area contributed by atoms with Gasteiger partial charge in [-0.25, -0.2) is 0 Å². The van der Waals surface area contributed by atoms with Crippen molar-refractivity contribution in [2.24, 2.45) is 22.4 Å². The molecule has 3 rings (SSSR count). The predicted octanol–water partition coefficient (Wildman–Crippen LogP) is 3.48. The van der Waals surface area contributed by atoms with Crippen molar-refractivity contribution in [2.75, 3.05) is 5.32 Å². The molecule has 0 amide bonds. The number of esters is 1. The fourth-order valence-electron chi connectivity index (χ4n) is 2.69. The highest BCUT2D eigenvalue weighted by molar-refractivity contribution is 5.95. The molecule has 0 aliphatic carbocycles. The molecule has 1 aromatic heterocycles. The third-order valence-corrected chi connectivity index (χ3v) is 4.59. The van der Waals surface area contributed by atoms with Gasteiger partial charge in [0.25, 0.3) is 0 Å². The molecule has 31 heavy (non-hydrogen) atoms. The number of guanidine groups is 1. The van der Waals surface area contributed by atoms with E-state index < -0.39 is 5.97 Å². The average molecular weight is 419 g/mol. The first-order valence-electron chi connectivity index (χ1n) is 9.98. The third-order valence-electron chi connectivity index (χ3n) is 4.59. The smallest absolute Gasteiger partial charge is 0.312 e. The molecule has 0 fully saturated rings. The zero-order valence-electron chi connectivity index (χ0n) is 17.5. The molecule has 1 unspecified atom stereocenters. The second-order valence-corrected chi connectivity index (χ2v) is 7.35. The molecule has 5 N–H and O–H groups in total. The van der Waals surface area contributed by atoms with Crippen molar-refractivity contribution in [2.45, 2.75) is 26.3 Å². The molecule has 0 spiro atoms. The number of rotatable bonds is 7. The van der Waals surface area contributed by atoms with Crippen LogP contribution in [0.5, 0.6) is 5.75 Å². The maximum absolute atomic E-state index is 12.2. The van der Waals surface area contributed by atoms with E-state index in [4.69, 9.17) is 16.2 Å². The van der Waals surface area contributed by atoms with Crippen LogP contribution in [0.4, 0.5) is 11.5 Å². The van der Waals surface area contributed by atoms with Crippen LogP contribution in [0.1, 0.15) is 20.3 Å². The van der Waals surface area contributed by atoms with Crippen molar-refractivity contribution >= 4 is 23.4 Å². The number of aromatic nitrogens is 2. The summed E-state index contributed by atoms with van der Waals surface area (Å²) in [7, 11) is 0. The summed E-state index contributed by atoms with van der Waals surface area (Å²) in [5.74, 6) is 0.546. The highest BCUT2D eigenvalue weighted by Crippen LogP contribution is 2.25. The van der Waals surface area contributed by atoms with Gasteiger partial charge in [-0.15, -0.1) is 10.2 Å². The average Bonchev–Trinajstić information content (AvgIpc) is 2.76.